The molecule has 1 unspecified atom stereocenters. The van der Waals surface area contributed by atoms with E-state index in [1.54, 1.807) is 0 Å². The summed E-state index contributed by atoms with van der Waals surface area (Å²) in [6.45, 7) is 2.95. The maximum absolute atomic E-state index is 12.4. The first-order chi connectivity index (χ1) is 9.31. The molecule has 1 amide bonds. The van der Waals surface area contributed by atoms with Gasteiger partial charge in [0, 0.05) is 19.5 Å². The molecule has 2 rings (SSSR count). The van der Waals surface area contributed by atoms with E-state index in [1.807, 2.05) is 11.9 Å². The molecule has 1 N–H and O–H groups in total. The molecule has 1 aliphatic carbocycles. The van der Waals surface area contributed by atoms with E-state index in [0.717, 1.165) is 31.8 Å². The Labute approximate surface area is 116 Å². The molecule has 4 nitrogen and oxygen atoms in total. The third kappa shape index (κ3) is 4.46. The lowest BCUT2D eigenvalue weighted by Crippen LogP contribution is -2.52. The molecule has 1 saturated heterocycles. The largest absolute Gasteiger partial charge is 0.377 e. The Bertz CT molecular complexity index is 275. The fourth-order valence-electron chi connectivity index (χ4n) is 3.33. The van der Waals surface area contributed by atoms with Crippen LogP contribution in [-0.4, -0.2) is 50.2 Å². The lowest BCUT2D eigenvalue weighted by Gasteiger charge is -2.36. The van der Waals surface area contributed by atoms with Gasteiger partial charge in [0.15, 0.2) is 0 Å². The predicted octanol–water partition coefficient (Wildman–Crippen LogP) is 1.79. The van der Waals surface area contributed by atoms with Crippen molar-refractivity contribution in [3.63, 3.8) is 0 Å². The Hall–Kier alpha value is -0.610. The molecule has 19 heavy (non-hydrogen) atoms. The number of ether oxygens (including phenoxy) is 1. The third-order valence-corrected chi connectivity index (χ3v) is 4.48. The van der Waals surface area contributed by atoms with Crippen LogP contribution in [0.15, 0.2) is 0 Å². The minimum atomic E-state index is 0.220. The van der Waals surface area contributed by atoms with Crippen LogP contribution in [-0.2, 0) is 9.53 Å². The van der Waals surface area contributed by atoms with Crippen LogP contribution in [0.3, 0.4) is 0 Å². The van der Waals surface area contributed by atoms with E-state index in [2.05, 4.69) is 5.32 Å². The molecular weight excluding hydrogens is 240 g/mol. The fourth-order valence-corrected chi connectivity index (χ4v) is 3.33. The Kier molecular flexibility index (Phi) is 6.11. The van der Waals surface area contributed by atoms with E-state index >= 15 is 0 Å². The summed E-state index contributed by atoms with van der Waals surface area (Å²) in [5.41, 5.74) is 0. The number of likely N-dealkylation sites (N-methyl/N-ethyl adjacent to an activating group) is 1. The standard InChI is InChI=1S/C15H28N2O2/c1-16-11-14-12-19-10-9-17(14)15(18)8-7-13-5-3-2-4-6-13/h13-14,16H,2-12H2,1H3. The summed E-state index contributed by atoms with van der Waals surface area (Å²) in [7, 11) is 1.93. The Morgan fingerprint density at radius 1 is 1.32 bits per heavy atom. The molecule has 0 bridgehead atoms. The fraction of sp³-hybridized carbons (Fsp3) is 0.933. The van der Waals surface area contributed by atoms with Gasteiger partial charge in [-0.1, -0.05) is 32.1 Å². The van der Waals surface area contributed by atoms with Crippen LogP contribution in [0.4, 0.5) is 0 Å². The number of rotatable bonds is 5. The lowest BCUT2D eigenvalue weighted by molar-refractivity contribution is -0.140. The quantitative estimate of drug-likeness (QED) is 0.826. The second-order valence-electron chi connectivity index (χ2n) is 5.92. The Morgan fingerprint density at radius 3 is 2.84 bits per heavy atom. The van der Waals surface area contributed by atoms with Crippen molar-refractivity contribution in [1.82, 2.24) is 10.2 Å². The van der Waals surface area contributed by atoms with Crippen molar-refractivity contribution in [1.29, 1.82) is 0 Å². The number of nitrogens with zero attached hydrogens (tertiary/aromatic N) is 1. The molecule has 1 heterocycles. The molecule has 2 fully saturated rings. The van der Waals surface area contributed by atoms with Gasteiger partial charge >= 0.3 is 0 Å². The van der Waals surface area contributed by atoms with Crippen LogP contribution in [0.25, 0.3) is 0 Å². The van der Waals surface area contributed by atoms with Crippen molar-refractivity contribution < 1.29 is 9.53 Å². The van der Waals surface area contributed by atoms with Gasteiger partial charge in [-0.3, -0.25) is 4.79 Å². The number of hydrogen-bond acceptors (Lipinski definition) is 3. The summed E-state index contributed by atoms with van der Waals surface area (Å²) in [5.74, 6) is 1.12. The summed E-state index contributed by atoms with van der Waals surface area (Å²) in [6.07, 6.45) is 8.58. The molecule has 110 valence electrons. The van der Waals surface area contributed by atoms with E-state index in [9.17, 15) is 4.79 Å². The summed E-state index contributed by atoms with van der Waals surface area (Å²) in [6, 6.07) is 0.220. The van der Waals surface area contributed by atoms with Crippen LogP contribution in [0.2, 0.25) is 0 Å². The topological polar surface area (TPSA) is 41.6 Å². The van der Waals surface area contributed by atoms with Crippen molar-refractivity contribution in [3.8, 4) is 0 Å². The average molecular weight is 268 g/mol. The summed E-state index contributed by atoms with van der Waals surface area (Å²) < 4.78 is 5.48. The van der Waals surface area contributed by atoms with Gasteiger partial charge in [-0.15, -0.1) is 0 Å². The molecule has 0 aromatic rings. The van der Waals surface area contributed by atoms with Crippen molar-refractivity contribution in [2.45, 2.75) is 51.0 Å². The van der Waals surface area contributed by atoms with Crippen molar-refractivity contribution >= 4 is 5.91 Å². The maximum atomic E-state index is 12.4. The molecule has 0 aromatic heterocycles. The van der Waals surface area contributed by atoms with Gasteiger partial charge in [0.1, 0.15) is 0 Å². The van der Waals surface area contributed by atoms with E-state index in [4.69, 9.17) is 4.74 Å². The van der Waals surface area contributed by atoms with Gasteiger partial charge < -0.3 is 15.0 Å². The minimum Gasteiger partial charge on any atom is -0.377 e. The highest BCUT2D eigenvalue weighted by molar-refractivity contribution is 5.76. The van der Waals surface area contributed by atoms with Crippen molar-refractivity contribution in [2.24, 2.45) is 5.92 Å². The monoisotopic (exact) mass is 268 g/mol. The molecule has 1 aliphatic heterocycles. The smallest absolute Gasteiger partial charge is 0.223 e. The summed E-state index contributed by atoms with van der Waals surface area (Å²) in [4.78, 5) is 14.4. The SMILES string of the molecule is CNCC1COCCN1C(=O)CCC1CCCCC1. The van der Waals surface area contributed by atoms with Crippen LogP contribution < -0.4 is 5.32 Å². The van der Waals surface area contributed by atoms with Gasteiger partial charge in [-0.25, -0.2) is 0 Å². The van der Waals surface area contributed by atoms with Gasteiger partial charge in [-0.05, 0) is 19.4 Å². The zero-order valence-corrected chi connectivity index (χ0v) is 12.2. The number of carbonyl (C=O) groups excluding carboxylic acids is 1. The van der Waals surface area contributed by atoms with E-state index in [0.29, 0.717) is 19.1 Å². The van der Waals surface area contributed by atoms with Crippen LogP contribution >= 0.6 is 0 Å². The second-order valence-corrected chi connectivity index (χ2v) is 5.92. The zero-order chi connectivity index (χ0) is 13.5. The van der Waals surface area contributed by atoms with E-state index in [-0.39, 0.29) is 6.04 Å². The molecule has 4 heteroatoms. The zero-order valence-electron chi connectivity index (χ0n) is 12.2. The lowest BCUT2D eigenvalue weighted by atomic mass is 9.86. The molecule has 2 aliphatic rings. The first kappa shape index (κ1) is 14.8. The molecule has 0 spiro atoms. The molecule has 1 atom stereocenters. The predicted molar refractivity (Wildman–Crippen MR) is 76.1 cm³/mol. The number of carbonyl (C=O) groups is 1. The van der Waals surface area contributed by atoms with E-state index in [1.165, 1.54) is 32.1 Å². The second kappa shape index (κ2) is 7.85. The van der Waals surface area contributed by atoms with Crippen molar-refractivity contribution in [2.75, 3.05) is 33.4 Å². The Balaban J connectivity index is 1.76. The Morgan fingerprint density at radius 2 is 2.11 bits per heavy atom. The highest BCUT2D eigenvalue weighted by atomic mass is 16.5. The third-order valence-electron chi connectivity index (χ3n) is 4.48. The van der Waals surface area contributed by atoms with Gasteiger partial charge in [-0.2, -0.15) is 0 Å². The number of amides is 1. The van der Waals surface area contributed by atoms with Gasteiger partial charge in [0.25, 0.3) is 0 Å². The van der Waals surface area contributed by atoms with Gasteiger partial charge in [0.05, 0.1) is 19.3 Å². The first-order valence-corrected chi connectivity index (χ1v) is 7.83. The molecule has 0 aromatic carbocycles. The number of hydrogen-bond donors (Lipinski definition) is 1. The van der Waals surface area contributed by atoms with Crippen LogP contribution in [0.1, 0.15) is 44.9 Å². The first-order valence-electron chi connectivity index (χ1n) is 7.83. The van der Waals surface area contributed by atoms with Crippen LogP contribution in [0.5, 0.6) is 0 Å². The summed E-state index contributed by atoms with van der Waals surface area (Å²) in [5, 5.41) is 3.15. The highest BCUT2D eigenvalue weighted by Crippen LogP contribution is 2.27. The van der Waals surface area contributed by atoms with Gasteiger partial charge in [0.2, 0.25) is 5.91 Å². The van der Waals surface area contributed by atoms with Crippen molar-refractivity contribution in [3.05, 3.63) is 0 Å². The molecule has 1 saturated carbocycles. The minimum absolute atomic E-state index is 0.220. The van der Waals surface area contributed by atoms with E-state index < -0.39 is 0 Å². The highest BCUT2D eigenvalue weighted by Gasteiger charge is 2.27. The maximum Gasteiger partial charge on any atom is 0.223 e. The normalized spacial score (nSPS) is 25.5. The number of nitrogens with one attached hydrogen (secondary N) is 1. The molecule has 0 radical (unpaired) electrons. The summed E-state index contributed by atoms with van der Waals surface area (Å²) >= 11 is 0. The molecular formula is C15H28N2O2. The average Bonchev–Trinajstić information content (AvgIpc) is 2.47. The van der Waals surface area contributed by atoms with Crippen LogP contribution in [0, 0.1) is 5.92 Å². The number of morpholine rings is 1.